The van der Waals surface area contributed by atoms with Gasteiger partial charge in [0.15, 0.2) is 0 Å². The minimum Gasteiger partial charge on any atom is -0.395 e. The number of rotatable bonds is 6. The Labute approximate surface area is 75.4 Å². The highest BCUT2D eigenvalue weighted by atomic mass is 16.3. The third kappa shape index (κ3) is 3.55. The molecule has 0 aromatic rings. The summed E-state index contributed by atoms with van der Waals surface area (Å²) < 4.78 is 0. The molecule has 2 N–H and O–H groups in total. The van der Waals surface area contributed by atoms with Gasteiger partial charge in [-0.2, -0.15) is 0 Å². The molecule has 1 saturated carbocycles. The van der Waals surface area contributed by atoms with Gasteiger partial charge in [0, 0.05) is 12.1 Å². The smallest absolute Gasteiger partial charge is 0.0584 e. The maximum atomic E-state index is 8.96. The van der Waals surface area contributed by atoms with Gasteiger partial charge in [-0.1, -0.05) is 19.8 Å². The lowest BCUT2D eigenvalue weighted by molar-refractivity contribution is 0.226. The lowest BCUT2D eigenvalue weighted by Crippen LogP contribution is -2.38. The van der Waals surface area contributed by atoms with E-state index >= 15 is 0 Å². The average Bonchev–Trinajstić information content (AvgIpc) is 2.84. The standard InChI is InChI=1S/C10H21NO/c1-3-10(7-12)11-8(2)6-9-4-5-9/h8-12H,3-7H2,1-2H3/t8?,10-/m0/s1. The average molecular weight is 171 g/mol. The molecule has 0 bridgehead atoms. The van der Waals surface area contributed by atoms with Crippen LogP contribution in [0.5, 0.6) is 0 Å². The van der Waals surface area contributed by atoms with Gasteiger partial charge in [0.25, 0.3) is 0 Å². The second kappa shape index (κ2) is 4.83. The van der Waals surface area contributed by atoms with Crippen molar-refractivity contribution in [2.24, 2.45) is 5.92 Å². The maximum absolute atomic E-state index is 8.96. The lowest BCUT2D eigenvalue weighted by Gasteiger charge is -2.20. The Kier molecular flexibility index (Phi) is 4.02. The number of nitrogens with one attached hydrogen (secondary N) is 1. The van der Waals surface area contributed by atoms with Gasteiger partial charge in [-0.3, -0.25) is 0 Å². The molecule has 2 nitrogen and oxygen atoms in total. The molecular formula is C10H21NO. The van der Waals surface area contributed by atoms with Crippen molar-refractivity contribution >= 4 is 0 Å². The summed E-state index contributed by atoms with van der Waals surface area (Å²) in [5.41, 5.74) is 0. The van der Waals surface area contributed by atoms with Crippen molar-refractivity contribution in [2.45, 2.75) is 51.6 Å². The third-order valence-electron chi connectivity index (χ3n) is 2.62. The van der Waals surface area contributed by atoms with Gasteiger partial charge in [0.1, 0.15) is 0 Å². The fourth-order valence-corrected chi connectivity index (χ4v) is 1.62. The summed E-state index contributed by atoms with van der Waals surface area (Å²) in [6, 6.07) is 0.883. The lowest BCUT2D eigenvalue weighted by atomic mass is 10.1. The minimum atomic E-state index is 0.269. The summed E-state index contributed by atoms with van der Waals surface area (Å²) in [7, 11) is 0. The highest BCUT2D eigenvalue weighted by molar-refractivity contribution is 4.79. The molecule has 0 aliphatic heterocycles. The van der Waals surface area contributed by atoms with Crippen LogP contribution in [0.4, 0.5) is 0 Å². The number of aliphatic hydroxyl groups is 1. The highest BCUT2D eigenvalue weighted by Gasteiger charge is 2.24. The SMILES string of the molecule is CC[C@@H](CO)NC(C)CC1CC1. The van der Waals surface area contributed by atoms with Crippen LogP contribution in [0.3, 0.4) is 0 Å². The van der Waals surface area contributed by atoms with Crippen LogP contribution in [0, 0.1) is 5.92 Å². The second-order valence-electron chi connectivity index (χ2n) is 4.03. The van der Waals surface area contributed by atoms with E-state index in [4.69, 9.17) is 5.11 Å². The van der Waals surface area contributed by atoms with Gasteiger partial charge in [0.2, 0.25) is 0 Å². The molecule has 0 amide bonds. The van der Waals surface area contributed by atoms with Crippen LogP contribution in [0.25, 0.3) is 0 Å². The first kappa shape index (κ1) is 10.0. The first-order valence-corrected chi connectivity index (χ1v) is 5.13. The molecule has 0 aromatic heterocycles. The molecule has 0 radical (unpaired) electrons. The summed E-state index contributed by atoms with van der Waals surface area (Å²) in [4.78, 5) is 0. The molecule has 1 fully saturated rings. The molecule has 1 aliphatic carbocycles. The van der Waals surface area contributed by atoms with Gasteiger partial charge in [-0.05, 0) is 25.7 Å². The van der Waals surface area contributed by atoms with Crippen LogP contribution >= 0.6 is 0 Å². The van der Waals surface area contributed by atoms with Crippen molar-refractivity contribution in [3.05, 3.63) is 0 Å². The zero-order valence-electron chi connectivity index (χ0n) is 8.21. The molecule has 1 unspecified atom stereocenters. The van der Waals surface area contributed by atoms with Crippen LogP contribution in [0.15, 0.2) is 0 Å². The zero-order chi connectivity index (χ0) is 8.97. The van der Waals surface area contributed by atoms with Crippen LogP contribution in [-0.4, -0.2) is 23.8 Å². The highest BCUT2D eigenvalue weighted by Crippen LogP contribution is 2.33. The largest absolute Gasteiger partial charge is 0.395 e. The van der Waals surface area contributed by atoms with Gasteiger partial charge in [-0.15, -0.1) is 0 Å². The van der Waals surface area contributed by atoms with Gasteiger partial charge >= 0.3 is 0 Å². The molecule has 0 aromatic carbocycles. The Morgan fingerprint density at radius 3 is 2.58 bits per heavy atom. The Morgan fingerprint density at radius 2 is 2.17 bits per heavy atom. The van der Waals surface area contributed by atoms with Gasteiger partial charge < -0.3 is 10.4 Å². The molecule has 0 saturated heterocycles. The molecule has 1 aliphatic rings. The van der Waals surface area contributed by atoms with E-state index < -0.39 is 0 Å². The van der Waals surface area contributed by atoms with Crippen LogP contribution in [-0.2, 0) is 0 Å². The van der Waals surface area contributed by atoms with E-state index in [0.29, 0.717) is 12.1 Å². The Hall–Kier alpha value is -0.0800. The van der Waals surface area contributed by atoms with Gasteiger partial charge in [-0.25, -0.2) is 0 Å². The minimum absolute atomic E-state index is 0.269. The van der Waals surface area contributed by atoms with Crippen molar-refractivity contribution < 1.29 is 5.11 Å². The molecule has 0 heterocycles. The summed E-state index contributed by atoms with van der Waals surface area (Å²) in [5, 5.41) is 12.4. The van der Waals surface area contributed by atoms with E-state index in [0.717, 1.165) is 12.3 Å². The zero-order valence-corrected chi connectivity index (χ0v) is 8.21. The molecule has 0 spiro atoms. The number of hydrogen-bond donors (Lipinski definition) is 2. The fraction of sp³-hybridized carbons (Fsp3) is 1.00. The molecule has 72 valence electrons. The summed E-state index contributed by atoms with van der Waals surface area (Å²) >= 11 is 0. The predicted molar refractivity (Wildman–Crippen MR) is 51.1 cm³/mol. The second-order valence-corrected chi connectivity index (χ2v) is 4.03. The van der Waals surface area contributed by atoms with E-state index in [1.54, 1.807) is 0 Å². The number of aliphatic hydroxyl groups excluding tert-OH is 1. The Morgan fingerprint density at radius 1 is 1.50 bits per heavy atom. The molecule has 2 heteroatoms. The van der Waals surface area contributed by atoms with Gasteiger partial charge in [0.05, 0.1) is 6.61 Å². The van der Waals surface area contributed by atoms with Crippen molar-refractivity contribution in [3.63, 3.8) is 0 Å². The van der Waals surface area contributed by atoms with Crippen molar-refractivity contribution in [1.29, 1.82) is 0 Å². The molecular weight excluding hydrogens is 150 g/mol. The van der Waals surface area contributed by atoms with Crippen LogP contribution in [0.1, 0.15) is 39.5 Å². The predicted octanol–water partition coefficient (Wildman–Crippen LogP) is 1.54. The molecule has 12 heavy (non-hydrogen) atoms. The summed E-state index contributed by atoms with van der Waals surface area (Å²) in [6.45, 7) is 4.60. The van der Waals surface area contributed by atoms with E-state index in [1.807, 2.05) is 0 Å². The maximum Gasteiger partial charge on any atom is 0.0584 e. The van der Waals surface area contributed by atoms with E-state index in [9.17, 15) is 0 Å². The molecule has 1 rings (SSSR count). The monoisotopic (exact) mass is 171 g/mol. The van der Waals surface area contributed by atoms with Crippen molar-refractivity contribution in [1.82, 2.24) is 5.32 Å². The van der Waals surface area contributed by atoms with Crippen LogP contribution < -0.4 is 5.32 Å². The number of hydrogen-bond acceptors (Lipinski definition) is 2. The molecule has 2 atom stereocenters. The first-order valence-electron chi connectivity index (χ1n) is 5.13. The third-order valence-corrected chi connectivity index (χ3v) is 2.62. The quantitative estimate of drug-likeness (QED) is 0.635. The fourth-order valence-electron chi connectivity index (χ4n) is 1.62. The summed E-state index contributed by atoms with van der Waals surface area (Å²) in [6.07, 6.45) is 5.14. The normalized spacial score (nSPS) is 22.2. The Bertz CT molecular complexity index is 119. The van der Waals surface area contributed by atoms with E-state index in [-0.39, 0.29) is 6.61 Å². The van der Waals surface area contributed by atoms with Crippen molar-refractivity contribution in [3.8, 4) is 0 Å². The van der Waals surface area contributed by atoms with E-state index in [1.165, 1.54) is 19.3 Å². The van der Waals surface area contributed by atoms with Crippen molar-refractivity contribution in [2.75, 3.05) is 6.61 Å². The summed E-state index contributed by atoms with van der Waals surface area (Å²) in [5.74, 6) is 0.976. The van der Waals surface area contributed by atoms with E-state index in [2.05, 4.69) is 19.2 Å². The first-order chi connectivity index (χ1) is 5.76. The topological polar surface area (TPSA) is 32.3 Å². The van der Waals surface area contributed by atoms with Crippen LogP contribution in [0.2, 0.25) is 0 Å². The Balaban J connectivity index is 2.09.